The maximum atomic E-state index is 11.8. The van der Waals surface area contributed by atoms with E-state index in [1.807, 2.05) is 24.3 Å². The quantitative estimate of drug-likeness (QED) is 0.503. The summed E-state index contributed by atoms with van der Waals surface area (Å²) in [5, 5.41) is 0. The van der Waals surface area contributed by atoms with Crippen molar-refractivity contribution in [2.24, 2.45) is 0 Å². The van der Waals surface area contributed by atoms with Crippen molar-refractivity contribution in [3.63, 3.8) is 0 Å². The molecule has 2 saturated heterocycles. The summed E-state index contributed by atoms with van der Waals surface area (Å²) in [6.45, 7) is 8.04. The fraction of sp³-hybridized carbons (Fsp3) is 0.462. The molecular formula is C26H32N2O4. The Bertz CT molecular complexity index is 840. The molecule has 2 atom stereocenters. The van der Waals surface area contributed by atoms with Gasteiger partial charge in [0.05, 0.1) is 0 Å². The molecular weight excluding hydrogens is 404 g/mol. The van der Waals surface area contributed by atoms with Gasteiger partial charge in [-0.3, -0.25) is 9.59 Å². The number of benzene rings is 2. The molecule has 0 aliphatic carbocycles. The van der Waals surface area contributed by atoms with Crippen LogP contribution in [-0.4, -0.2) is 61.0 Å². The molecule has 0 radical (unpaired) electrons. The zero-order valence-electron chi connectivity index (χ0n) is 19.0. The number of carbonyl (C=O) groups excluding carboxylic acids is 2. The summed E-state index contributed by atoms with van der Waals surface area (Å²) >= 11 is 0. The summed E-state index contributed by atoms with van der Waals surface area (Å²) in [5.41, 5.74) is 2.54. The van der Waals surface area contributed by atoms with Gasteiger partial charge in [-0.2, -0.15) is 0 Å². The van der Waals surface area contributed by atoms with Crippen molar-refractivity contribution in [1.29, 1.82) is 0 Å². The van der Waals surface area contributed by atoms with Crippen LogP contribution in [0.15, 0.2) is 48.5 Å². The molecule has 6 nitrogen and oxygen atoms in total. The molecule has 0 bridgehead atoms. The number of rotatable bonds is 11. The second-order valence-corrected chi connectivity index (χ2v) is 8.51. The van der Waals surface area contributed by atoms with E-state index in [9.17, 15) is 9.59 Å². The van der Waals surface area contributed by atoms with E-state index in [-0.39, 0.29) is 25.0 Å². The summed E-state index contributed by atoms with van der Waals surface area (Å²) < 4.78 is 11.3. The third kappa shape index (κ3) is 5.61. The zero-order chi connectivity index (χ0) is 22.5. The van der Waals surface area contributed by atoms with Gasteiger partial charge in [0.1, 0.15) is 11.5 Å². The minimum absolute atomic E-state index is 0.0494. The van der Waals surface area contributed by atoms with Crippen molar-refractivity contribution < 1.29 is 19.1 Å². The average Bonchev–Trinajstić information content (AvgIpc) is 3.73. The van der Waals surface area contributed by atoms with E-state index in [1.165, 1.54) is 11.1 Å². The van der Waals surface area contributed by atoms with E-state index < -0.39 is 0 Å². The summed E-state index contributed by atoms with van der Waals surface area (Å²) in [6.07, 6.45) is 2.05. The van der Waals surface area contributed by atoms with Crippen LogP contribution in [0.3, 0.4) is 0 Å². The van der Waals surface area contributed by atoms with Gasteiger partial charge < -0.3 is 19.3 Å². The summed E-state index contributed by atoms with van der Waals surface area (Å²) in [7, 11) is 0. The first-order chi connectivity index (χ1) is 15.6. The molecule has 2 amide bonds. The van der Waals surface area contributed by atoms with Crippen molar-refractivity contribution in [2.75, 3.05) is 39.4 Å². The minimum Gasteiger partial charge on any atom is -0.484 e. The van der Waals surface area contributed by atoms with Gasteiger partial charge in [0, 0.05) is 26.2 Å². The summed E-state index contributed by atoms with van der Waals surface area (Å²) in [5.74, 6) is 2.31. The highest BCUT2D eigenvalue weighted by molar-refractivity contribution is 5.80. The monoisotopic (exact) mass is 436 g/mol. The molecule has 0 spiro atoms. The van der Waals surface area contributed by atoms with Crippen LogP contribution in [0.4, 0.5) is 0 Å². The lowest BCUT2D eigenvalue weighted by Gasteiger charge is -2.26. The number of hydrogen-bond donors (Lipinski definition) is 0. The molecule has 0 unspecified atom stereocenters. The lowest BCUT2D eigenvalue weighted by Crippen LogP contribution is -2.19. The molecule has 4 rings (SSSR count). The molecule has 0 aromatic heterocycles. The highest BCUT2D eigenvalue weighted by atomic mass is 16.5. The van der Waals surface area contributed by atoms with E-state index >= 15 is 0 Å². The standard InChI is InChI=1S/C26H32N2O4/c1-3-23(19-5-9-21(10-6-19)31-17-25(29)27-13-14-27)24(4-2)20-7-11-22(12-8-20)32-18-26(30)28-15-16-28/h5-12,23-24H,3-4,13-18H2,1-2H3/t23-,24-/m0/s1. The predicted molar refractivity (Wildman–Crippen MR) is 123 cm³/mol. The van der Waals surface area contributed by atoms with Crippen molar-refractivity contribution in [3.05, 3.63) is 59.7 Å². The molecule has 170 valence electrons. The first-order valence-electron chi connectivity index (χ1n) is 11.6. The van der Waals surface area contributed by atoms with Gasteiger partial charge in [0.15, 0.2) is 13.2 Å². The minimum atomic E-state index is 0.0494. The second kappa shape index (κ2) is 10.1. The van der Waals surface area contributed by atoms with Gasteiger partial charge in [-0.25, -0.2) is 0 Å². The van der Waals surface area contributed by atoms with Gasteiger partial charge in [0.2, 0.25) is 0 Å². The second-order valence-electron chi connectivity index (χ2n) is 8.51. The van der Waals surface area contributed by atoms with Crippen LogP contribution in [-0.2, 0) is 9.59 Å². The molecule has 2 aliphatic rings. The Morgan fingerprint density at radius 2 is 1.03 bits per heavy atom. The summed E-state index contributed by atoms with van der Waals surface area (Å²) in [6, 6.07) is 16.3. The third-order valence-electron chi connectivity index (χ3n) is 6.31. The van der Waals surface area contributed by atoms with E-state index in [0.29, 0.717) is 11.8 Å². The first-order valence-corrected chi connectivity index (χ1v) is 11.6. The van der Waals surface area contributed by atoms with Crippen molar-refractivity contribution in [3.8, 4) is 11.5 Å². The fourth-order valence-corrected chi connectivity index (χ4v) is 4.20. The molecule has 32 heavy (non-hydrogen) atoms. The van der Waals surface area contributed by atoms with Gasteiger partial charge >= 0.3 is 0 Å². The van der Waals surface area contributed by atoms with Gasteiger partial charge in [0.25, 0.3) is 11.8 Å². The van der Waals surface area contributed by atoms with Gasteiger partial charge in [-0.15, -0.1) is 0 Å². The van der Waals surface area contributed by atoms with Crippen LogP contribution in [0, 0.1) is 0 Å². The molecule has 2 aromatic rings. The normalized spacial score (nSPS) is 16.3. The van der Waals surface area contributed by atoms with Crippen molar-refractivity contribution in [2.45, 2.75) is 38.5 Å². The Hall–Kier alpha value is -3.02. The molecule has 6 heteroatoms. The Kier molecular flexibility index (Phi) is 6.98. The molecule has 2 aromatic carbocycles. The third-order valence-corrected chi connectivity index (χ3v) is 6.31. The van der Waals surface area contributed by atoms with E-state index in [2.05, 4.69) is 38.1 Å². The number of ether oxygens (including phenoxy) is 2. The Morgan fingerprint density at radius 1 is 0.688 bits per heavy atom. The molecule has 2 fully saturated rings. The van der Waals surface area contributed by atoms with Crippen LogP contribution in [0.5, 0.6) is 11.5 Å². The molecule has 0 N–H and O–H groups in total. The number of nitrogens with zero attached hydrogens (tertiary/aromatic N) is 2. The van der Waals surface area contributed by atoms with Crippen LogP contribution < -0.4 is 9.47 Å². The van der Waals surface area contributed by atoms with E-state index in [1.54, 1.807) is 9.80 Å². The topological polar surface area (TPSA) is 58.6 Å². The highest BCUT2D eigenvalue weighted by Crippen LogP contribution is 2.39. The van der Waals surface area contributed by atoms with Gasteiger partial charge in [-0.05, 0) is 60.1 Å². The lowest BCUT2D eigenvalue weighted by molar-refractivity contribution is -0.128. The first kappa shape index (κ1) is 22.2. The van der Waals surface area contributed by atoms with Gasteiger partial charge in [-0.1, -0.05) is 38.1 Å². The Balaban J connectivity index is 1.37. The van der Waals surface area contributed by atoms with Crippen LogP contribution in [0.25, 0.3) is 0 Å². The number of hydrogen-bond acceptors (Lipinski definition) is 4. The van der Waals surface area contributed by atoms with Crippen LogP contribution in [0.2, 0.25) is 0 Å². The maximum Gasteiger partial charge on any atom is 0.260 e. The van der Waals surface area contributed by atoms with Crippen LogP contribution >= 0.6 is 0 Å². The summed E-state index contributed by atoms with van der Waals surface area (Å²) in [4.78, 5) is 27.1. The van der Waals surface area contributed by atoms with Crippen molar-refractivity contribution >= 4 is 11.8 Å². The Morgan fingerprint density at radius 3 is 1.31 bits per heavy atom. The highest BCUT2D eigenvalue weighted by Gasteiger charge is 2.25. The number of amides is 2. The SMILES string of the molecule is CC[C@@H](c1ccc(OCC(=O)N2CC2)cc1)[C@@H](CC)c1ccc(OCC(=O)N2CC2)cc1. The van der Waals surface area contributed by atoms with E-state index in [0.717, 1.165) is 50.5 Å². The fourth-order valence-electron chi connectivity index (χ4n) is 4.20. The van der Waals surface area contributed by atoms with Crippen LogP contribution in [0.1, 0.15) is 49.7 Å². The predicted octanol–water partition coefficient (Wildman–Crippen LogP) is 3.82. The average molecular weight is 437 g/mol. The molecule has 0 saturated carbocycles. The smallest absolute Gasteiger partial charge is 0.260 e. The lowest BCUT2D eigenvalue weighted by atomic mass is 9.78. The maximum absolute atomic E-state index is 11.8. The molecule has 2 heterocycles. The van der Waals surface area contributed by atoms with Crippen molar-refractivity contribution in [1.82, 2.24) is 9.80 Å². The largest absolute Gasteiger partial charge is 0.484 e. The molecule has 2 aliphatic heterocycles. The van der Waals surface area contributed by atoms with E-state index in [4.69, 9.17) is 9.47 Å². The number of carbonyl (C=O) groups is 2. The zero-order valence-corrected chi connectivity index (χ0v) is 19.0. The Labute approximate surface area is 190 Å².